The van der Waals surface area contributed by atoms with Crippen LogP contribution in [-0.4, -0.2) is 33.6 Å². The first-order valence-electron chi connectivity index (χ1n) is 5.30. The van der Waals surface area contributed by atoms with E-state index in [9.17, 15) is 19.7 Å². The first-order chi connectivity index (χ1) is 7.71. The van der Waals surface area contributed by atoms with Gasteiger partial charge >= 0.3 is 17.5 Å². The summed E-state index contributed by atoms with van der Waals surface area (Å²) in [6.07, 6.45) is -0.100. The summed E-state index contributed by atoms with van der Waals surface area (Å²) in [5.41, 5.74) is -2.73. The second-order valence-electron chi connectivity index (χ2n) is 4.11. The monoisotopic (exact) mass is 247 g/mol. The summed E-state index contributed by atoms with van der Waals surface area (Å²) >= 11 is 0. The lowest BCUT2D eigenvalue weighted by Crippen LogP contribution is -2.58. The second-order valence-corrected chi connectivity index (χ2v) is 4.11. The fraction of sp³-hybridized carbons (Fsp3) is 0.800. The standard InChI is InChI=1S/C10H17NO6/c1-5-7(4)17-9(14)10(6(2)3,8(12)13)11(15)16/h6-7H,5H2,1-4H3,(H,12,13). The molecule has 0 aliphatic carbocycles. The number of rotatable bonds is 6. The predicted molar refractivity (Wildman–Crippen MR) is 58.0 cm³/mol. The second kappa shape index (κ2) is 5.60. The van der Waals surface area contributed by atoms with Crippen LogP contribution in [0.15, 0.2) is 0 Å². The Labute approximate surface area is 98.9 Å². The molecule has 0 saturated heterocycles. The average Bonchev–Trinajstić information content (AvgIpc) is 2.16. The highest BCUT2D eigenvalue weighted by molar-refractivity contribution is 6.02. The minimum Gasteiger partial charge on any atom is -0.475 e. The van der Waals surface area contributed by atoms with Gasteiger partial charge in [0.2, 0.25) is 0 Å². The van der Waals surface area contributed by atoms with Gasteiger partial charge in [0, 0.05) is 5.92 Å². The molecule has 7 nitrogen and oxygen atoms in total. The Morgan fingerprint density at radius 1 is 1.41 bits per heavy atom. The van der Waals surface area contributed by atoms with Crippen molar-refractivity contribution in [2.75, 3.05) is 0 Å². The zero-order valence-corrected chi connectivity index (χ0v) is 10.3. The summed E-state index contributed by atoms with van der Waals surface area (Å²) < 4.78 is 4.79. The van der Waals surface area contributed by atoms with Gasteiger partial charge in [-0.25, -0.2) is 9.59 Å². The van der Waals surface area contributed by atoms with Gasteiger partial charge in [-0.1, -0.05) is 20.8 Å². The van der Waals surface area contributed by atoms with Crippen molar-refractivity contribution >= 4 is 11.9 Å². The molecule has 0 aliphatic heterocycles. The van der Waals surface area contributed by atoms with Crippen LogP contribution >= 0.6 is 0 Å². The van der Waals surface area contributed by atoms with Gasteiger partial charge in [0.25, 0.3) is 0 Å². The van der Waals surface area contributed by atoms with Crippen molar-refractivity contribution < 1.29 is 24.4 Å². The summed E-state index contributed by atoms with van der Waals surface area (Å²) in [5, 5.41) is 19.9. The van der Waals surface area contributed by atoms with Crippen LogP contribution in [0.2, 0.25) is 0 Å². The summed E-state index contributed by atoms with van der Waals surface area (Å²) in [5.74, 6) is -4.13. The summed E-state index contributed by atoms with van der Waals surface area (Å²) in [4.78, 5) is 32.6. The summed E-state index contributed by atoms with van der Waals surface area (Å²) in [6, 6.07) is 0. The normalized spacial score (nSPS) is 16.1. The van der Waals surface area contributed by atoms with E-state index in [2.05, 4.69) is 0 Å². The topological polar surface area (TPSA) is 107 Å². The third-order valence-corrected chi connectivity index (χ3v) is 2.64. The first-order valence-corrected chi connectivity index (χ1v) is 5.30. The fourth-order valence-electron chi connectivity index (χ4n) is 1.29. The number of carbonyl (C=O) groups excluding carboxylic acids is 1. The Bertz CT molecular complexity index is 311. The number of nitrogens with zero attached hydrogens (tertiary/aromatic N) is 1. The van der Waals surface area contributed by atoms with E-state index in [1.807, 2.05) is 0 Å². The molecule has 2 atom stereocenters. The molecular weight excluding hydrogens is 230 g/mol. The molecule has 0 radical (unpaired) electrons. The van der Waals surface area contributed by atoms with Crippen LogP contribution in [0.1, 0.15) is 34.1 Å². The SMILES string of the molecule is CCC(C)OC(=O)C(C(=O)O)(C(C)C)[N+](=O)[O-]. The van der Waals surface area contributed by atoms with Gasteiger partial charge in [0.15, 0.2) is 0 Å². The number of carboxylic acids is 1. The van der Waals surface area contributed by atoms with Crippen molar-refractivity contribution in [2.45, 2.75) is 45.8 Å². The molecule has 0 aliphatic rings. The van der Waals surface area contributed by atoms with Crippen LogP contribution in [0, 0.1) is 16.0 Å². The Balaban J connectivity index is 5.39. The lowest BCUT2D eigenvalue weighted by Gasteiger charge is -2.24. The van der Waals surface area contributed by atoms with E-state index in [1.54, 1.807) is 13.8 Å². The number of aliphatic carboxylic acids is 1. The Morgan fingerprint density at radius 2 is 1.88 bits per heavy atom. The van der Waals surface area contributed by atoms with Gasteiger partial charge in [0.1, 0.15) is 0 Å². The van der Waals surface area contributed by atoms with E-state index in [0.717, 1.165) is 0 Å². The van der Waals surface area contributed by atoms with Gasteiger partial charge in [-0.15, -0.1) is 0 Å². The molecule has 98 valence electrons. The molecule has 7 heteroatoms. The van der Waals surface area contributed by atoms with Crippen molar-refractivity contribution in [2.24, 2.45) is 5.92 Å². The van der Waals surface area contributed by atoms with Crippen molar-refractivity contribution in [3.63, 3.8) is 0 Å². The van der Waals surface area contributed by atoms with Crippen LogP contribution in [0.5, 0.6) is 0 Å². The van der Waals surface area contributed by atoms with E-state index in [-0.39, 0.29) is 0 Å². The Hall–Kier alpha value is -1.66. The fourth-order valence-corrected chi connectivity index (χ4v) is 1.29. The molecule has 1 N–H and O–H groups in total. The van der Waals surface area contributed by atoms with E-state index < -0.39 is 34.4 Å². The van der Waals surface area contributed by atoms with Crippen molar-refractivity contribution in [1.82, 2.24) is 0 Å². The van der Waals surface area contributed by atoms with Crippen LogP contribution in [0.3, 0.4) is 0 Å². The molecule has 0 aromatic carbocycles. The third kappa shape index (κ3) is 2.72. The van der Waals surface area contributed by atoms with Crippen molar-refractivity contribution in [3.05, 3.63) is 10.1 Å². The van der Waals surface area contributed by atoms with Crippen LogP contribution in [0.4, 0.5) is 0 Å². The third-order valence-electron chi connectivity index (χ3n) is 2.64. The lowest BCUT2D eigenvalue weighted by atomic mass is 9.87. The zero-order chi connectivity index (χ0) is 13.8. The van der Waals surface area contributed by atoms with Gasteiger partial charge in [-0.3, -0.25) is 10.1 Å². The zero-order valence-electron chi connectivity index (χ0n) is 10.3. The van der Waals surface area contributed by atoms with Crippen molar-refractivity contribution in [3.8, 4) is 0 Å². The van der Waals surface area contributed by atoms with Gasteiger partial charge < -0.3 is 9.84 Å². The van der Waals surface area contributed by atoms with E-state index in [1.165, 1.54) is 13.8 Å². The molecule has 0 aromatic heterocycles. The molecule has 0 amide bonds. The van der Waals surface area contributed by atoms with Gasteiger partial charge in [-0.2, -0.15) is 0 Å². The molecule has 0 rings (SSSR count). The minimum absolute atomic E-state index is 0.456. The summed E-state index contributed by atoms with van der Waals surface area (Å²) in [7, 11) is 0. The van der Waals surface area contributed by atoms with Gasteiger partial charge in [0.05, 0.1) is 11.0 Å². The predicted octanol–water partition coefficient (Wildman–Crippen LogP) is 1.08. The minimum atomic E-state index is -2.73. The number of hydrogen-bond donors (Lipinski definition) is 1. The number of hydrogen-bond acceptors (Lipinski definition) is 5. The lowest BCUT2D eigenvalue weighted by molar-refractivity contribution is -0.550. The average molecular weight is 247 g/mol. The first kappa shape index (κ1) is 15.3. The van der Waals surface area contributed by atoms with Crippen molar-refractivity contribution in [1.29, 1.82) is 0 Å². The number of ether oxygens (including phenoxy) is 1. The maximum absolute atomic E-state index is 11.7. The molecule has 2 unspecified atom stereocenters. The number of esters is 1. The highest BCUT2D eigenvalue weighted by Crippen LogP contribution is 2.24. The molecule has 0 fully saturated rings. The molecule has 17 heavy (non-hydrogen) atoms. The van der Waals surface area contributed by atoms with Crippen LogP contribution in [0.25, 0.3) is 0 Å². The molecule has 0 aromatic rings. The van der Waals surface area contributed by atoms with E-state index >= 15 is 0 Å². The summed E-state index contributed by atoms with van der Waals surface area (Å²) in [6.45, 7) is 5.87. The molecule has 0 bridgehead atoms. The molecule has 0 saturated carbocycles. The van der Waals surface area contributed by atoms with E-state index in [4.69, 9.17) is 9.84 Å². The van der Waals surface area contributed by atoms with Crippen LogP contribution in [-0.2, 0) is 14.3 Å². The molecule has 0 heterocycles. The number of carbonyl (C=O) groups is 2. The smallest absolute Gasteiger partial charge is 0.412 e. The largest absolute Gasteiger partial charge is 0.475 e. The molecular formula is C10H17NO6. The highest BCUT2D eigenvalue weighted by Gasteiger charge is 2.63. The van der Waals surface area contributed by atoms with Gasteiger partial charge in [-0.05, 0) is 13.3 Å². The maximum atomic E-state index is 11.7. The Morgan fingerprint density at radius 3 is 2.12 bits per heavy atom. The van der Waals surface area contributed by atoms with E-state index in [0.29, 0.717) is 6.42 Å². The number of carboxylic acid groups (broad SMARTS) is 1. The van der Waals surface area contributed by atoms with Crippen LogP contribution < -0.4 is 0 Å². The Kier molecular flexibility index (Phi) is 5.06. The number of nitro groups is 1. The maximum Gasteiger partial charge on any atom is 0.412 e. The quantitative estimate of drug-likeness (QED) is 0.326. The molecule has 0 spiro atoms. The highest BCUT2D eigenvalue weighted by atomic mass is 16.6.